The van der Waals surface area contributed by atoms with E-state index < -0.39 is 0 Å². The number of hydrogen-bond donors (Lipinski definition) is 2. The van der Waals surface area contributed by atoms with E-state index in [9.17, 15) is 0 Å². The van der Waals surface area contributed by atoms with E-state index in [4.69, 9.17) is 5.73 Å². The van der Waals surface area contributed by atoms with Crippen LogP contribution in [0.5, 0.6) is 0 Å². The van der Waals surface area contributed by atoms with E-state index in [0.29, 0.717) is 0 Å². The van der Waals surface area contributed by atoms with Crippen LogP contribution in [0.1, 0.15) is 13.8 Å². The molecule has 0 saturated heterocycles. The molecule has 0 bridgehead atoms. The minimum absolute atomic E-state index is 0.822. The van der Waals surface area contributed by atoms with E-state index in [1.807, 2.05) is 58.3 Å². The fraction of sp³-hybridized carbons (Fsp3) is 0.400. The lowest BCUT2D eigenvalue weighted by Gasteiger charge is -1.83. The quantitative estimate of drug-likeness (QED) is 0.582. The fourth-order valence-electron chi connectivity index (χ4n) is 0.453. The Morgan fingerprint density at radius 1 is 1.00 bits per heavy atom. The first-order valence-electron chi connectivity index (χ1n) is 4.20. The maximum absolute atomic E-state index is 5.36. The van der Waals surface area contributed by atoms with Crippen molar-refractivity contribution < 1.29 is 0 Å². The third-order valence-electron chi connectivity index (χ3n) is 0.800. The number of nitrogens with two attached hydrogens (primary N) is 1. The average molecular weight is 168 g/mol. The summed E-state index contributed by atoms with van der Waals surface area (Å²) in [5.41, 5.74) is 6.18. The smallest absolute Gasteiger partial charge is 0.0313 e. The molecule has 0 spiro atoms. The molecule has 0 fully saturated rings. The zero-order valence-corrected chi connectivity index (χ0v) is 8.46. The highest BCUT2D eigenvalue weighted by Gasteiger charge is 1.72. The highest BCUT2D eigenvalue weighted by molar-refractivity contribution is 5.35. The molecule has 0 amide bonds. The molecule has 2 heteroatoms. The predicted molar refractivity (Wildman–Crippen MR) is 57.2 cm³/mol. The first-order chi connectivity index (χ1) is 5.81. The van der Waals surface area contributed by atoms with Gasteiger partial charge < -0.3 is 11.1 Å². The molecular weight excluding hydrogens is 148 g/mol. The van der Waals surface area contributed by atoms with Crippen molar-refractivity contribution in [1.82, 2.24) is 5.32 Å². The molecule has 1 aromatic carbocycles. The minimum Gasteiger partial charge on any atom is -0.399 e. The van der Waals surface area contributed by atoms with Gasteiger partial charge in [-0.3, -0.25) is 0 Å². The number of anilines is 1. The lowest BCUT2D eigenvalue weighted by atomic mass is 10.3. The van der Waals surface area contributed by atoms with Gasteiger partial charge in [-0.2, -0.15) is 0 Å². The minimum atomic E-state index is 0.822. The zero-order chi connectivity index (χ0) is 9.82. The number of nitrogens with one attached hydrogen (secondary N) is 1. The second-order valence-corrected chi connectivity index (χ2v) is 1.91. The second kappa shape index (κ2) is 12.6. The molecule has 0 aliphatic heterocycles. The van der Waals surface area contributed by atoms with E-state index in [1.54, 1.807) is 0 Å². The number of para-hydroxylation sites is 1. The summed E-state index contributed by atoms with van der Waals surface area (Å²) >= 11 is 0. The molecule has 0 aromatic heterocycles. The SMILES string of the molecule is CC.CNC.Nc1ccccc1. The number of rotatable bonds is 0. The summed E-state index contributed by atoms with van der Waals surface area (Å²) in [6.07, 6.45) is 0. The van der Waals surface area contributed by atoms with Gasteiger partial charge in [0.05, 0.1) is 0 Å². The number of nitrogen functional groups attached to an aromatic ring is 1. The third kappa shape index (κ3) is 11.7. The third-order valence-corrected chi connectivity index (χ3v) is 0.800. The molecule has 0 saturated carbocycles. The molecule has 12 heavy (non-hydrogen) atoms. The van der Waals surface area contributed by atoms with Gasteiger partial charge in [0.25, 0.3) is 0 Å². The maximum atomic E-state index is 5.36. The van der Waals surface area contributed by atoms with E-state index in [2.05, 4.69) is 5.32 Å². The highest BCUT2D eigenvalue weighted by atomic mass is 14.7. The van der Waals surface area contributed by atoms with Crippen molar-refractivity contribution in [2.75, 3.05) is 19.8 Å². The first-order valence-corrected chi connectivity index (χ1v) is 4.20. The largest absolute Gasteiger partial charge is 0.399 e. The van der Waals surface area contributed by atoms with Crippen LogP contribution in [0.15, 0.2) is 30.3 Å². The van der Waals surface area contributed by atoms with Crippen LogP contribution in [-0.4, -0.2) is 14.1 Å². The van der Waals surface area contributed by atoms with Crippen LogP contribution in [0.4, 0.5) is 5.69 Å². The Kier molecular flexibility index (Phi) is 14.3. The summed E-state index contributed by atoms with van der Waals surface area (Å²) in [4.78, 5) is 0. The molecule has 3 N–H and O–H groups in total. The van der Waals surface area contributed by atoms with Crippen LogP contribution in [0.25, 0.3) is 0 Å². The van der Waals surface area contributed by atoms with Crippen LogP contribution in [0, 0.1) is 0 Å². The molecule has 0 radical (unpaired) electrons. The Morgan fingerprint density at radius 3 is 1.50 bits per heavy atom. The number of hydrogen-bond acceptors (Lipinski definition) is 2. The molecule has 0 aliphatic carbocycles. The van der Waals surface area contributed by atoms with Crippen LogP contribution >= 0.6 is 0 Å². The summed E-state index contributed by atoms with van der Waals surface area (Å²) in [5, 5.41) is 2.75. The standard InChI is InChI=1S/C6H7N.C2H7N.C2H6/c7-6-4-2-1-3-5-6;1-3-2;1-2/h1-5H,7H2;3H,1-2H3;1-2H3. The summed E-state index contributed by atoms with van der Waals surface area (Å²) in [6.45, 7) is 4.00. The molecule has 0 unspecified atom stereocenters. The van der Waals surface area contributed by atoms with Crippen molar-refractivity contribution in [3.63, 3.8) is 0 Å². The van der Waals surface area contributed by atoms with Gasteiger partial charge in [-0.15, -0.1) is 0 Å². The first kappa shape index (κ1) is 13.6. The Hall–Kier alpha value is -1.02. The van der Waals surface area contributed by atoms with Crippen LogP contribution < -0.4 is 11.1 Å². The lowest BCUT2D eigenvalue weighted by molar-refractivity contribution is 1.02. The van der Waals surface area contributed by atoms with E-state index in [-0.39, 0.29) is 0 Å². The zero-order valence-electron chi connectivity index (χ0n) is 8.46. The van der Waals surface area contributed by atoms with Crippen LogP contribution in [0.2, 0.25) is 0 Å². The number of benzene rings is 1. The molecule has 1 rings (SSSR count). The Balaban J connectivity index is 0. The summed E-state index contributed by atoms with van der Waals surface area (Å²) < 4.78 is 0. The molecule has 2 nitrogen and oxygen atoms in total. The van der Waals surface area contributed by atoms with Gasteiger partial charge >= 0.3 is 0 Å². The molecule has 0 atom stereocenters. The van der Waals surface area contributed by atoms with Gasteiger partial charge in [0.1, 0.15) is 0 Å². The van der Waals surface area contributed by atoms with Crippen molar-refractivity contribution in [1.29, 1.82) is 0 Å². The normalized spacial score (nSPS) is 7.00. The maximum Gasteiger partial charge on any atom is 0.0313 e. The van der Waals surface area contributed by atoms with Gasteiger partial charge in [0.15, 0.2) is 0 Å². The van der Waals surface area contributed by atoms with E-state index in [1.165, 1.54) is 0 Å². The molecule has 70 valence electrons. The van der Waals surface area contributed by atoms with E-state index in [0.717, 1.165) is 5.69 Å². The van der Waals surface area contributed by atoms with Crippen molar-refractivity contribution in [3.05, 3.63) is 30.3 Å². The molecular formula is C10H20N2. The summed E-state index contributed by atoms with van der Waals surface area (Å²) in [7, 11) is 3.75. The molecule has 1 aromatic rings. The van der Waals surface area contributed by atoms with Gasteiger partial charge in [-0.05, 0) is 26.2 Å². The van der Waals surface area contributed by atoms with Crippen LogP contribution in [0.3, 0.4) is 0 Å². The average Bonchev–Trinajstić information content (AvgIpc) is 2.11. The predicted octanol–water partition coefficient (Wildman–Crippen LogP) is 2.13. The topological polar surface area (TPSA) is 38.0 Å². The van der Waals surface area contributed by atoms with Gasteiger partial charge in [0, 0.05) is 5.69 Å². The Morgan fingerprint density at radius 2 is 1.33 bits per heavy atom. The van der Waals surface area contributed by atoms with Gasteiger partial charge in [0.2, 0.25) is 0 Å². The van der Waals surface area contributed by atoms with Crippen molar-refractivity contribution in [3.8, 4) is 0 Å². The fourth-order valence-corrected chi connectivity index (χ4v) is 0.453. The van der Waals surface area contributed by atoms with Gasteiger partial charge in [-0.1, -0.05) is 32.0 Å². The van der Waals surface area contributed by atoms with Crippen molar-refractivity contribution in [2.24, 2.45) is 0 Å². The van der Waals surface area contributed by atoms with Gasteiger partial charge in [-0.25, -0.2) is 0 Å². The lowest BCUT2D eigenvalue weighted by Crippen LogP contribution is -1.89. The molecule has 0 heterocycles. The Bertz CT molecular complexity index is 149. The van der Waals surface area contributed by atoms with E-state index >= 15 is 0 Å². The molecule has 0 aliphatic rings. The second-order valence-electron chi connectivity index (χ2n) is 1.91. The summed E-state index contributed by atoms with van der Waals surface area (Å²) in [5.74, 6) is 0. The monoisotopic (exact) mass is 168 g/mol. The summed E-state index contributed by atoms with van der Waals surface area (Å²) in [6, 6.07) is 9.49. The van der Waals surface area contributed by atoms with Crippen LogP contribution in [-0.2, 0) is 0 Å². The van der Waals surface area contributed by atoms with Crippen molar-refractivity contribution in [2.45, 2.75) is 13.8 Å². The highest BCUT2D eigenvalue weighted by Crippen LogP contribution is 1.95. The van der Waals surface area contributed by atoms with Crippen molar-refractivity contribution >= 4 is 5.69 Å². The Labute approximate surface area is 75.8 Å².